The van der Waals surface area contributed by atoms with Crippen LogP contribution in [0.3, 0.4) is 0 Å². The van der Waals surface area contributed by atoms with E-state index in [1.165, 1.54) is 0 Å². The van der Waals surface area contributed by atoms with Gasteiger partial charge in [0.2, 0.25) is 0 Å². The Morgan fingerprint density at radius 2 is 2.29 bits per heavy atom. The smallest absolute Gasteiger partial charge is 0.142 e. The molecule has 1 aliphatic heterocycles. The largest absolute Gasteiger partial charge is 0.495 e. The molecule has 0 spiro atoms. The van der Waals surface area contributed by atoms with Gasteiger partial charge in [-0.15, -0.1) is 0 Å². The molecule has 1 heterocycles. The van der Waals surface area contributed by atoms with Crippen molar-refractivity contribution in [3.05, 3.63) is 24.3 Å². The summed E-state index contributed by atoms with van der Waals surface area (Å²) in [5.74, 6) is 0.909. The van der Waals surface area contributed by atoms with Gasteiger partial charge >= 0.3 is 0 Å². The summed E-state index contributed by atoms with van der Waals surface area (Å²) in [5.41, 5.74) is 1.11. The van der Waals surface area contributed by atoms with E-state index in [2.05, 4.69) is 23.3 Å². The molecule has 0 radical (unpaired) electrons. The minimum atomic E-state index is 0.388. The van der Waals surface area contributed by atoms with Crippen LogP contribution in [0.2, 0.25) is 0 Å². The van der Waals surface area contributed by atoms with E-state index < -0.39 is 0 Å². The third-order valence-electron chi connectivity index (χ3n) is 2.99. The molecule has 2 rings (SSSR count). The van der Waals surface area contributed by atoms with E-state index in [1.807, 2.05) is 18.2 Å². The Balaban J connectivity index is 2.00. The van der Waals surface area contributed by atoms with Crippen LogP contribution < -0.4 is 15.0 Å². The standard InChI is InChI=1S/C13H20N2O2/c1-15(9-11-10-17-8-7-14-11)12-5-3-4-6-13(12)16-2/h3-6,11,14H,7-10H2,1-2H3. The van der Waals surface area contributed by atoms with E-state index in [0.29, 0.717) is 6.04 Å². The molecule has 4 heteroatoms. The van der Waals surface area contributed by atoms with Gasteiger partial charge in [0.05, 0.1) is 26.0 Å². The fourth-order valence-electron chi connectivity index (χ4n) is 2.11. The molecule has 1 saturated heterocycles. The summed E-state index contributed by atoms with van der Waals surface area (Å²) in [6, 6.07) is 8.45. The second-order valence-corrected chi connectivity index (χ2v) is 4.28. The van der Waals surface area contributed by atoms with Crippen molar-refractivity contribution in [2.75, 3.05) is 45.4 Å². The molecule has 1 aliphatic rings. The number of rotatable bonds is 4. The van der Waals surface area contributed by atoms with Crippen LogP contribution in [-0.2, 0) is 4.74 Å². The van der Waals surface area contributed by atoms with Crippen LogP contribution in [0.4, 0.5) is 5.69 Å². The van der Waals surface area contributed by atoms with E-state index in [1.54, 1.807) is 7.11 Å². The maximum absolute atomic E-state index is 5.45. The zero-order valence-electron chi connectivity index (χ0n) is 10.5. The zero-order valence-corrected chi connectivity index (χ0v) is 10.5. The second kappa shape index (κ2) is 5.89. The van der Waals surface area contributed by atoms with Crippen LogP contribution in [0.5, 0.6) is 5.75 Å². The van der Waals surface area contributed by atoms with Crippen LogP contribution in [0.15, 0.2) is 24.3 Å². The highest BCUT2D eigenvalue weighted by Crippen LogP contribution is 2.26. The van der Waals surface area contributed by atoms with Gasteiger partial charge in [0, 0.05) is 26.2 Å². The molecule has 1 aromatic carbocycles. The molecule has 1 unspecified atom stereocenters. The second-order valence-electron chi connectivity index (χ2n) is 4.28. The van der Waals surface area contributed by atoms with Crippen molar-refractivity contribution in [1.82, 2.24) is 5.32 Å². The Morgan fingerprint density at radius 1 is 1.47 bits per heavy atom. The lowest BCUT2D eigenvalue weighted by atomic mass is 10.2. The summed E-state index contributed by atoms with van der Waals surface area (Å²) in [5, 5.41) is 3.45. The quantitative estimate of drug-likeness (QED) is 0.849. The number of anilines is 1. The molecule has 1 aromatic rings. The van der Waals surface area contributed by atoms with Gasteiger partial charge in [0.15, 0.2) is 0 Å². The Bertz CT molecular complexity index is 351. The maximum atomic E-state index is 5.45. The molecule has 0 aromatic heterocycles. The lowest BCUT2D eigenvalue weighted by Gasteiger charge is -2.30. The molecule has 0 aliphatic carbocycles. The van der Waals surface area contributed by atoms with Gasteiger partial charge < -0.3 is 19.7 Å². The first-order valence-corrected chi connectivity index (χ1v) is 5.96. The normalized spacial score (nSPS) is 20.0. The summed E-state index contributed by atoms with van der Waals surface area (Å²) in [4.78, 5) is 2.20. The van der Waals surface area contributed by atoms with Crippen molar-refractivity contribution < 1.29 is 9.47 Å². The fraction of sp³-hybridized carbons (Fsp3) is 0.538. The highest BCUT2D eigenvalue weighted by Gasteiger charge is 2.16. The molecular formula is C13H20N2O2. The topological polar surface area (TPSA) is 33.7 Å². The van der Waals surface area contributed by atoms with Gasteiger partial charge in [0.1, 0.15) is 5.75 Å². The van der Waals surface area contributed by atoms with Gasteiger partial charge in [0.25, 0.3) is 0 Å². The van der Waals surface area contributed by atoms with Crippen molar-refractivity contribution in [3.63, 3.8) is 0 Å². The first-order valence-electron chi connectivity index (χ1n) is 5.96. The molecule has 0 bridgehead atoms. The van der Waals surface area contributed by atoms with Gasteiger partial charge in [-0.3, -0.25) is 0 Å². The molecule has 1 fully saturated rings. The van der Waals surface area contributed by atoms with Crippen molar-refractivity contribution >= 4 is 5.69 Å². The van der Waals surface area contributed by atoms with E-state index in [0.717, 1.165) is 37.7 Å². The van der Waals surface area contributed by atoms with Gasteiger partial charge in [-0.05, 0) is 12.1 Å². The van der Waals surface area contributed by atoms with Gasteiger partial charge in [-0.2, -0.15) is 0 Å². The van der Waals surface area contributed by atoms with E-state index in [9.17, 15) is 0 Å². The molecule has 94 valence electrons. The third-order valence-corrected chi connectivity index (χ3v) is 2.99. The number of likely N-dealkylation sites (N-methyl/N-ethyl adjacent to an activating group) is 1. The lowest BCUT2D eigenvalue weighted by molar-refractivity contribution is 0.0791. The Labute approximate surface area is 103 Å². The average Bonchev–Trinajstić information content (AvgIpc) is 2.40. The van der Waals surface area contributed by atoms with Crippen molar-refractivity contribution in [1.29, 1.82) is 0 Å². The van der Waals surface area contributed by atoms with Gasteiger partial charge in [-0.25, -0.2) is 0 Å². The Hall–Kier alpha value is -1.26. The first kappa shape index (κ1) is 12.2. The zero-order chi connectivity index (χ0) is 12.1. The van der Waals surface area contributed by atoms with Crippen LogP contribution in [0, 0.1) is 0 Å². The highest BCUT2D eigenvalue weighted by atomic mass is 16.5. The molecular weight excluding hydrogens is 216 g/mol. The molecule has 0 saturated carbocycles. The maximum Gasteiger partial charge on any atom is 0.142 e. The molecule has 1 N–H and O–H groups in total. The average molecular weight is 236 g/mol. The summed E-state index contributed by atoms with van der Waals surface area (Å²) in [7, 11) is 3.78. The number of para-hydroxylation sites is 2. The lowest BCUT2D eigenvalue weighted by Crippen LogP contribution is -2.47. The predicted molar refractivity (Wildman–Crippen MR) is 68.9 cm³/mol. The molecule has 17 heavy (non-hydrogen) atoms. The monoisotopic (exact) mass is 236 g/mol. The minimum absolute atomic E-state index is 0.388. The summed E-state index contributed by atoms with van der Waals surface area (Å²) < 4.78 is 10.8. The van der Waals surface area contributed by atoms with E-state index in [-0.39, 0.29) is 0 Å². The van der Waals surface area contributed by atoms with E-state index in [4.69, 9.17) is 9.47 Å². The fourth-order valence-corrected chi connectivity index (χ4v) is 2.11. The van der Waals surface area contributed by atoms with Crippen LogP contribution >= 0.6 is 0 Å². The predicted octanol–water partition coefficient (Wildman–Crippen LogP) is 1.12. The SMILES string of the molecule is COc1ccccc1N(C)CC1COCCN1. The van der Waals surface area contributed by atoms with Gasteiger partial charge in [-0.1, -0.05) is 12.1 Å². The first-order chi connectivity index (χ1) is 8.31. The molecule has 0 amide bonds. The number of nitrogens with one attached hydrogen (secondary N) is 1. The number of nitrogens with zero attached hydrogens (tertiary/aromatic N) is 1. The number of hydrogen-bond acceptors (Lipinski definition) is 4. The van der Waals surface area contributed by atoms with Crippen molar-refractivity contribution in [2.24, 2.45) is 0 Å². The Kier molecular flexibility index (Phi) is 4.23. The molecule has 4 nitrogen and oxygen atoms in total. The third kappa shape index (κ3) is 3.11. The van der Waals surface area contributed by atoms with Crippen LogP contribution in [-0.4, -0.2) is 46.5 Å². The minimum Gasteiger partial charge on any atom is -0.495 e. The molecule has 1 atom stereocenters. The summed E-state index contributed by atoms with van der Waals surface area (Å²) in [6.45, 7) is 3.44. The summed E-state index contributed by atoms with van der Waals surface area (Å²) in [6.07, 6.45) is 0. The van der Waals surface area contributed by atoms with Crippen LogP contribution in [0.25, 0.3) is 0 Å². The van der Waals surface area contributed by atoms with Crippen molar-refractivity contribution in [2.45, 2.75) is 6.04 Å². The Morgan fingerprint density at radius 3 is 3.00 bits per heavy atom. The number of benzene rings is 1. The highest BCUT2D eigenvalue weighted by molar-refractivity contribution is 5.57. The van der Waals surface area contributed by atoms with Crippen LogP contribution in [0.1, 0.15) is 0 Å². The van der Waals surface area contributed by atoms with Crippen molar-refractivity contribution in [3.8, 4) is 5.75 Å². The number of ether oxygens (including phenoxy) is 2. The number of methoxy groups -OCH3 is 1. The summed E-state index contributed by atoms with van der Waals surface area (Å²) >= 11 is 0. The van der Waals surface area contributed by atoms with E-state index >= 15 is 0 Å². The number of hydrogen-bond donors (Lipinski definition) is 1. The number of morpholine rings is 1.